The summed E-state index contributed by atoms with van der Waals surface area (Å²) in [6.07, 6.45) is 0. The van der Waals surface area contributed by atoms with Crippen molar-refractivity contribution in [3.8, 4) is 11.1 Å². The lowest BCUT2D eigenvalue weighted by Gasteiger charge is -2.06. The zero-order valence-electron chi connectivity index (χ0n) is 13.7. The van der Waals surface area contributed by atoms with E-state index in [0.717, 1.165) is 32.2 Å². The average molecular weight is 369 g/mol. The molecule has 0 saturated heterocycles. The molecule has 126 valence electrons. The van der Waals surface area contributed by atoms with Crippen LogP contribution in [0.25, 0.3) is 21.3 Å². The summed E-state index contributed by atoms with van der Waals surface area (Å²) in [4.78, 5) is 10.2. The van der Waals surface area contributed by atoms with E-state index in [0.29, 0.717) is 11.0 Å². The second-order valence-electron chi connectivity index (χ2n) is 5.49. The van der Waals surface area contributed by atoms with Crippen LogP contribution >= 0.6 is 23.1 Å². The fraction of sp³-hybridized carbons (Fsp3) is 0.176. The van der Waals surface area contributed by atoms with Crippen molar-refractivity contribution >= 4 is 33.3 Å². The van der Waals surface area contributed by atoms with Gasteiger partial charge in [-0.15, -0.1) is 21.5 Å². The number of benzene rings is 1. The Hall–Kier alpha value is -2.29. The standard InChI is InChI=1S/C17H15N5OS2/c1-10-18-15-14(12(9-24-15)11-6-4-3-5-7-11)16(19-10)25-17-21-20-13(8-23)22(17)2/h3-7,9,23H,8H2,1-2H3. The maximum atomic E-state index is 9.32. The Kier molecular flexibility index (Phi) is 4.24. The largest absolute Gasteiger partial charge is 0.388 e. The van der Waals surface area contributed by atoms with E-state index in [-0.39, 0.29) is 6.61 Å². The molecule has 8 heteroatoms. The van der Waals surface area contributed by atoms with Gasteiger partial charge in [-0.2, -0.15) is 0 Å². The number of thiophene rings is 1. The first kappa shape index (κ1) is 16.2. The third-order valence-electron chi connectivity index (χ3n) is 3.85. The van der Waals surface area contributed by atoms with Crippen molar-refractivity contribution in [3.63, 3.8) is 0 Å². The number of fused-ring (bicyclic) bond motifs is 1. The van der Waals surface area contributed by atoms with Crippen LogP contribution in [-0.2, 0) is 13.7 Å². The molecule has 4 rings (SSSR count). The van der Waals surface area contributed by atoms with Gasteiger partial charge in [0.2, 0.25) is 0 Å². The number of aryl methyl sites for hydroxylation is 1. The number of hydrogen-bond donors (Lipinski definition) is 1. The van der Waals surface area contributed by atoms with Gasteiger partial charge in [-0.3, -0.25) is 0 Å². The molecule has 0 aliphatic carbocycles. The summed E-state index contributed by atoms with van der Waals surface area (Å²) in [6, 6.07) is 10.2. The summed E-state index contributed by atoms with van der Waals surface area (Å²) >= 11 is 3.06. The van der Waals surface area contributed by atoms with Gasteiger partial charge in [-0.05, 0) is 24.2 Å². The van der Waals surface area contributed by atoms with E-state index in [1.807, 2.05) is 32.2 Å². The number of aliphatic hydroxyl groups is 1. The van der Waals surface area contributed by atoms with Crippen LogP contribution in [0.2, 0.25) is 0 Å². The quantitative estimate of drug-likeness (QED) is 0.555. The van der Waals surface area contributed by atoms with Crippen molar-refractivity contribution < 1.29 is 5.11 Å². The molecule has 0 spiro atoms. The van der Waals surface area contributed by atoms with Gasteiger partial charge in [0, 0.05) is 18.0 Å². The Labute approximate surface area is 152 Å². The minimum atomic E-state index is -0.143. The highest BCUT2D eigenvalue weighted by Crippen LogP contribution is 2.39. The van der Waals surface area contributed by atoms with E-state index in [1.54, 1.807) is 15.9 Å². The Morgan fingerprint density at radius 2 is 1.96 bits per heavy atom. The van der Waals surface area contributed by atoms with Crippen molar-refractivity contribution in [2.24, 2.45) is 7.05 Å². The second kappa shape index (κ2) is 6.55. The molecular weight excluding hydrogens is 354 g/mol. The molecule has 0 aliphatic rings. The van der Waals surface area contributed by atoms with Gasteiger partial charge in [0.05, 0.1) is 5.39 Å². The molecule has 0 fully saturated rings. The Morgan fingerprint density at radius 3 is 2.68 bits per heavy atom. The lowest BCUT2D eigenvalue weighted by atomic mass is 10.1. The van der Waals surface area contributed by atoms with Crippen molar-refractivity contribution in [2.45, 2.75) is 23.7 Å². The maximum absolute atomic E-state index is 9.32. The molecule has 1 aromatic carbocycles. The Morgan fingerprint density at radius 1 is 1.16 bits per heavy atom. The van der Waals surface area contributed by atoms with Gasteiger partial charge in [0.1, 0.15) is 22.3 Å². The molecule has 4 aromatic rings. The van der Waals surface area contributed by atoms with Gasteiger partial charge in [0.15, 0.2) is 11.0 Å². The van der Waals surface area contributed by atoms with Crippen LogP contribution in [0.4, 0.5) is 0 Å². The Balaban J connectivity index is 1.87. The molecule has 0 bridgehead atoms. The summed E-state index contributed by atoms with van der Waals surface area (Å²) in [5.74, 6) is 1.25. The smallest absolute Gasteiger partial charge is 0.197 e. The summed E-state index contributed by atoms with van der Waals surface area (Å²) in [7, 11) is 1.84. The summed E-state index contributed by atoms with van der Waals surface area (Å²) in [6.45, 7) is 1.75. The van der Waals surface area contributed by atoms with Crippen LogP contribution in [0.5, 0.6) is 0 Å². The minimum absolute atomic E-state index is 0.143. The number of aliphatic hydroxyl groups excluding tert-OH is 1. The minimum Gasteiger partial charge on any atom is -0.388 e. The zero-order valence-corrected chi connectivity index (χ0v) is 15.3. The third kappa shape index (κ3) is 2.92. The van der Waals surface area contributed by atoms with Gasteiger partial charge in [-0.1, -0.05) is 30.3 Å². The fourth-order valence-corrected chi connectivity index (χ4v) is 4.61. The SMILES string of the molecule is Cc1nc(Sc2nnc(CO)n2C)c2c(-c3ccccc3)csc2n1. The molecule has 1 N–H and O–H groups in total. The highest BCUT2D eigenvalue weighted by Gasteiger charge is 2.18. The molecule has 0 aliphatic heterocycles. The van der Waals surface area contributed by atoms with Crippen molar-refractivity contribution in [2.75, 3.05) is 0 Å². The predicted molar refractivity (Wildman–Crippen MR) is 98.6 cm³/mol. The first-order valence-electron chi connectivity index (χ1n) is 7.65. The number of nitrogens with zero attached hydrogens (tertiary/aromatic N) is 5. The van der Waals surface area contributed by atoms with Crippen molar-refractivity contribution in [1.82, 2.24) is 24.7 Å². The van der Waals surface area contributed by atoms with Gasteiger partial charge in [-0.25, -0.2) is 9.97 Å². The molecule has 0 amide bonds. The van der Waals surface area contributed by atoms with Gasteiger partial charge < -0.3 is 9.67 Å². The van der Waals surface area contributed by atoms with Crippen LogP contribution in [0, 0.1) is 6.92 Å². The van der Waals surface area contributed by atoms with E-state index in [2.05, 4.69) is 37.7 Å². The predicted octanol–water partition coefficient (Wildman–Crippen LogP) is 3.44. The van der Waals surface area contributed by atoms with Crippen LogP contribution < -0.4 is 0 Å². The molecular formula is C17H15N5OS2. The van der Waals surface area contributed by atoms with E-state index in [9.17, 15) is 5.11 Å². The van der Waals surface area contributed by atoms with E-state index in [4.69, 9.17) is 0 Å². The van der Waals surface area contributed by atoms with E-state index < -0.39 is 0 Å². The summed E-state index contributed by atoms with van der Waals surface area (Å²) in [5, 5.41) is 22.2. The molecule has 0 atom stereocenters. The zero-order chi connectivity index (χ0) is 17.4. The van der Waals surface area contributed by atoms with Crippen LogP contribution in [0.3, 0.4) is 0 Å². The third-order valence-corrected chi connectivity index (χ3v) is 5.75. The summed E-state index contributed by atoms with van der Waals surface area (Å²) in [5.41, 5.74) is 2.25. The monoisotopic (exact) mass is 369 g/mol. The molecule has 0 saturated carbocycles. The fourth-order valence-electron chi connectivity index (χ4n) is 2.57. The molecule has 0 radical (unpaired) electrons. The summed E-state index contributed by atoms with van der Waals surface area (Å²) < 4.78 is 1.78. The first-order chi connectivity index (χ1) is 12.2. The molecule has 0 unspecified atom stereocenters. The molecule has 3 heterocycles. The molecule has 3 aromatic heterocycles. The van der Waals surface area contributed by atoms with Crippen molar-refractivity contribution in [3.05, 3.63) is 47.4 Å². The highest BCUT2D eigenvalue weighted by atomic mass is 32.2. The molecule has 6 nitrogen and oxygen atoms in total. The van der Waals surface area contributed by atoms with Crippen LogP contribution in [0.15, 0.2) is 45.9 Å². The second-order valence-corrected chi connectivity index (χ2v) is 7.30. The van der Waals surface area contributed by atoms with Gasteiger partial charge in [0.25, 0.3) is 0 Å². The first-order valence-corrected chi connectivity index (χ1v) is 9.35. The van der Waals surface area contributed by atoms with E-state index in [1.165, 1.54) is 11.8 Å². The lowest BCUT2D eigenvalue weighted by molar-refractivity contribution is 0.266. The number of rotatable bonds is 4. The lowest BCUT2D eigenvalue weighted by Crippen LogP contribution is -1.99. The van der Waals surface area contributed by atoms with Crippen molar-refractivity contribution in [1.29, 1.82) is 0 Å². The normalized spacial score (nSPS) is 11.3. The maximum Gasteiger partial charge on any atom is 0.197 e. The number of aromatic nitrogens is 5. The van der Waals surface area contributed by atoms with Gasteiger partial charge >= 0.3 is 0 Å². The van der Waals surface area contributed by atoms with Crippen LogP contribution in [0.1, 0.15) is 11.6 Å². The van der Waals surface area contributed by atoms with Crippen LogP contribution in [-0.4, -0.2) is 29.8 Å². The number of hydrogen-bond acceptors (Lipinski definition) is 7. The molecule has 25 heavy (non-hydrogen) atoms. The Bertz CT molecular complexity index is 1040. The van der Waals surface area contributed by atoms with E-state index >= 15 is 0 Å². The highest BCUT2D eigenvalue weighted by molar-refractivity contribution is 7.99. The average Bonchev–Trinajstić information content (AvgIpc) is 3.20. The topological polar surface area (TPSA) is 76.7 Å².